The zero-order valence-electron chi connectivity index (χ0n) is 22.2. The minimum Gasteiger partial charge on any atom is -0.481 e. The number of carbonyl (C=O) groups is 5. The minimum absolute atomic E-state index is 0.0209. The van der Waals surface area contributed by atoms with Crippen LogP contribution in [0.4, 0.5) is 0 Å². The molecule has 0 spiro atoms. The van der Waals surface area contributed by atoms with Crippen LogP contribution < -0.4 is 38.9 Å². The second-order valence-electron chi connectivity index (χ2n) is 9.42. The molecule has 0 aliphatic rings. The Morgan fingerprint density at radius 3 is 1.87 bits per heavy atom. The number of amides is 3. The Bertz CT molecular complexity index is 818. The summed E-state index contributed by atoms with van der Waals surface area (Å²) in [4.78, 5) is 64.8. The summed E-state index contributed by atoms with van der Waals surface area (Å²) in [5.41, 5.74) is 21.8. The van der Waals surface area contributed by atoms with Crippen molar-refractivity contribution >= 4 is 35.6 Å². The van der Waals surface area contributed by atoms with Crippen molar-refractivity contribution in [2.45, 2.75) is 89.4 Å². The number of hydrogen-bond acceptors (Lipinski definition) is 8. The molecule has 0 saturated carbocycles. The summed E-state index contributed by atoms with van der Waals surface area (Å²) < 4.78 is 0. The molecule has 218 valence electrons. The first-order chi connectivity index (χ1) is 17.8. The monoisotopic (exact) mass is 544 g/mol. The number of carboxylic acid groups (broad SMARTS) is 2. The van der Waals surface area contributed by atoms with Gasteiger partial charge in [-0.15, -0.1) is 0 Å². The van der Waals surface area contributed by atoms with E-state index in [1.54, 1.807) is 0 Å². The van der Waals surface area contributed by atoms with Crippen LogP contribution in [-0.2, 0) is 24.0 Å². The van der Waals surface area contributed by atoms with E-state index in [2.05, 4.69) is 20.9 Å². The lowest BCUT2D eigenvalue weighted by Crippen LogP contribution is -2.57. The largest absolute Gasteiger partial charge is 0.481 e. The molecule has 4 atom stereocenters. The van der Waals surface area contributed by atoms with Gasteiger partial charge in [-0.3, -0.25) is 24.2 Å². The van der Waals surface area contributed by atoms with Crippen LogP contribution in [0.3, 0.4) is 0 Å². The summed E-state index contributed by atoms with van der Waals surface area (Å²) >= 11 is 0. The number of nitrogens with two attached hydrogens (primary N) is 4. The number of carbonyl (C=O) groups excluding carboxylic acids is 3. The van der Waals surface area contributed by atoms with Gasteiger partial charge in [0.15, 0.2) is 5.96 Å². The van der Waals surface area contributed by atoms with Gasteiger partial charge in [0.25, 0.3) is 0 Å². The standard InChI is InChI=1S/C23H44N8O7/c1-13(2)12-17(31-19(34)14(25)8-9-18(32)33)21(36)29-15(6-3-4-10-24)20(35)30-16(22(37)38)7-5-11-28-23(26)27/h13-17H,3-12,24-25H2,1-2H3,(H,29,36)(H,30,35)(H,31,34)(H,32,33)(H,37,38)(H4,26,27,28). The van der Waals surface area contributed by atoms with Gasteiger partial charge in [0, 0.05) is 13.0 Å². The van der Waals surface area contributed by atoms with Crippen LogP contribution in [0.15, 0.2) is 4.99 Å². The van der Waals surface area contributed by atoms with Crippen LogP contribution in [0.2, 0.25) is 0 Å². The molecule has 4 unspecified atom stereocenters. The molecule has 15 nitrogen and oxygen atoms in total. The average Bonchev–Trinajstić information content (AvgIpc) is 2.82. The van der Waals surface area contributed by atoms with Crippen molar-refractivity contribution in [3.63, 3.8) is 0 Å². The van der Waals surface area contributed by atoms with E-state index in [0.717, 1.165) is 0 Å². The van der Waals surface area contributed by atoms with Crippen molar-refractivity contribution in [3.05, 3.63) is 0 Å². The smallest absolute Gasteiger partial charge is 0.326 e. The number of carboxylic acids is 2. The van der Waals surface area contributed by atoms with Crippen LogP contribution in [0.1, 0.15) is 65.2 Å². The molecule has 0 aromatic heterocycles. The summed E-state index contributed by atoms with van der Waals surface area (Å²) in [6, 6.07) is -4.49. The normalized spacial score (nSPS) is 14.0. The maximum atomic E-state index is 13.1. The highest BCUT2D eigenvalue weighted by Gasteiger charge is 2.30. The van der Waals surface area contributed by atoms with Crippen molar-refractivity contribution < 1.29 is 34.2 Å². The Morgan fingerprint density at radius 1 is 0.789 bits per heavy atom. The zero-order chi connectivity index (χ0) is 29.3. The van der Waals surface area contributed by atoms with E-state index in [1.807, 2.05) is 13.8 Å². The van der Waals surface area contributed by atoms with E-state index in [1.165, 1.54) is 0 Å². The maximum absolute atomic E-state index is 13.1. The third kappa shape index (κ3) is 15.6. The van der Waals surface area contributed by atoms with Gasteiger partial charge in [-0.05, 0) is 57.4 Å². The van der Waals surface area contributed by atoms with Crippen molar-refractivity contribution in [3.8, 4) is 0 Å². The summed E-state index contributed by atoms with van der Waals surface area (Å²) in [6.07, 6.45) is 1.41. The zero-order valence-corrected chi connectivity index (χ0v) is 22.2. The quantitative estimate of drug-likeness (QED) is 0.0456. The topological polar surface area (TPSA) is 278 Å². The molecule has 0 aliphatic heterocycles. The summed E-state index contributed by atoms with van der Waals surface area (Å²) in [5.74, 6) is -4.55. The Labute approximate surface area is 222 Å². The Balaban J connectivity index is 5.49. The summed E-state index contributed by atoms with van der Waals surface area (Å²) in [5, 5.41) is 25.9. The van der Waals surface area contributed by atoms with Gasteiger partial charge < -0.3 is 49.1 Å². The first-order valence-corrected chi connectivity index (χ1v) is 12.6. The molecule has 0 heterocycles. The van der Waals surface area contributed by atoms with Crippen molar-refractivity contribution in [2.75, 3.05) is 13.1 Å². The fraction of sp³-hybridized carbons (Fsp3) is 0.739. The molecule has 0 aliphatic carbocycles. The van der Waals surface area contributed by atoms with E-state index >= 15 is 0 Å². The highest BCUT2D eigenvalue weighted by molar-refractivity contribution is 5.94. The molecule has 0 saturated heterocycles. The number of unbranched alkanes of at least 4 members (excludes halogenated alkanes) is 1. The molecule has 0 rings (SSSR count). The minimum atomic E-state index is -1.25. The van der Waals surface area contributed by atoms with Gasteiger partial charge in [-0.1, -0.05) is 13.8 Å². The van der Waals surface area contributed by atoms with Crippen molar-refractivity contribution in [2.24, 2.45) is 33.8 Å². The lowest BCUT2D eigenvalue weighted by molar-refractivity contribution is -0.142. The second kappa shape index (κ2) is 18.7. The van der Waals surface area contributed by atoms with E-state index in [0.29, 0.717) is 25.8 Å². The fourth-order valence-corrected chi connectivity index (χ4v) is 3.46. The van der Waals surface area contributed by atoms with Gasteiger partial charge >= 0.3 is 11.9 Å². The molecule has 0 radical (unpaired) electrons. The highest BCUT2D eigenvalue weighted by Crippen LogP contribution is 2.09. The predicted octanol–water partition coefficient (Wildman–Crippen LogP) is -2.05. The number of guanidine groups is 1. The Kier molecular flexibility index (Phi) is 17.0. The third-order valence-corrected chi connectivity index (χ3v) is 5.49. The molecule has 13 N–H and O–H groups in total. The van der Waals surface area contributed by atoms with Gasteiger partial charge in [0.05, 0.1) is 6.04 Å². The second-order valence-corrected chi connectivity index (χ2v) is 9.42. The van der Waals surface area contributed by atoms with E-state index < -0.39 is 53.8 Å². The SMILES string of the molecule is CC(C)CC(NC(=O)C(N)CCC(=O)O)C(=O)NC(CCCCN)C(=O)NC(CCCN=C(N)N)C(=O)O. The predicted molar refractivity (Wildman–Crippen MR) is 141 cm³/mol. The van der Waals surface area contributed by atoms with Crippen LogP contribution >= 0.6 is 0 Å². The van der Waals surface area contributed by atoms with Crippen LogP contribution in [-0.4, -0.2) is 83.1 Å². The lowest BCUT2D eigenvalue weighted by Gasteiger charge is -2.26. The number of nitrogens with zero attached hydrogens (tertiary/aromatic N) is 1. The maximum Gasteiger partial charge on any atom is 0.326 e. The molecule has 38 heavy (non-hydrogen) atoms. The molecule has 15 heteroatoms. The van der Waals surface area contributed by atoms with Crippen molar-refractivity contribution in [1.82, 2.24) is 16.0 Å². The number of aliphatic imine (C=N–C) groups is 1. The Hall–Kier alpha value is -3.46. The van der Waals surface area contributed by atoms with Crippen LogP contribution in [0.25, 0.3) is 0 Å². The van der Waals surface area contributed by atoms with Gasteiger partial charge in [0.1, 0.15) is 18.1 Å². The lowest BCUT2D eigenvalue weighted by atomic mass is 10.0. The summed E-state index contributed by atoms with van der Waals surface area (Å²) in [6.45, 7) is 4.22. The number of hydrogen-bond donors (Lipinski definition) is 9. The number of rotatable bonds is 20. The molecular weight excluding hydrogens is 500 g/mol. The van der Waals surface area contributed by atoms with Gasteiger partial charge in [0.2, 0.25) is 17.7 Å². The van der Waals surface area contributed by atoms with E-state index in [9.17, 15) is 29.1 Å². The Morgan fingerprint density at radius 2 is 1.34 bits per heavy atom. The molecule has 0 aromatic rings. The molecular formula is C23H44N8O7. The number of aliphatic carboxylic acids is 2. The molecule has 3 amide bonds. The first kappa shape index (κ1) is 34.5. The van der Waals surface area contributed by atoms with Crippen molar-refractivity contribution in [1.29, 1.82) is 0 Å². The van der Waals surface area contributed by atoms with E-state index in [-0.39, 0.29) is 50.5 Å². The molecule has 0 fully saturated rings. The first-order valence-electron chi connectivity index (χ1n) is 12.6. The van der Waals surface area contributed by atoms with Crippen LogP contribution in [0, 0.1) is 5.92 Å². The van der Waals surface area contributed by atoms with Gasteiger partial charge in [-0.25, -0.2) is 4.79 Å². The van der Waals surface area contributed by atoms with Gasteiger partial charge in [-0.2, -0.15) is 0 Å². The molecule has 0 bridgehead atoms. The summed E-state index contributed by atoms with van der Waals surface area (Å²) in [7, 11) is 0. The average molecular weight is 545 g/mol. The molecule has 0 aromatic carbocycles. The van der Waals surface area contributed by atoms with E-state index in [4.69, 9.17) is 28.0 Å². The number of nitrogens with one attached hydrogen (secondary N) is 3. The highest BCUT2D eigenvalue weighted by atomic mass is 16.4. The van der Waals surface area contributed by atoms with Crippen LogP contribution in [0.5, 0.6) is 0 Å². The fourth-order valence-electron chi connectivity index (χ4n) is 3.46. The third-order valence-electron chi connectivity index (χ3n) is 5.49.